The number of aliphatic hydroxyl groups is 1. The van der Waals surface area contributed by atoms with Crippen LogP contribution in [0.4, 0.5) is 0 Å². The van der Waals surface area contributed by atoms with Crippen LogP contribution in [0.25, 0.3) is 0 Å². The molecule has 5 aliphatic carbocycles. The summed E-state index contributed by atoms with van der Waals surface area (Å²) < 4.78 is 0. The van der Waals surface area contributed by atoms with Crippen molar-refractivity contribution in [1.29, 1.82) is 0 Å². The molecule has 4 saturated carbocycles. The van der Waals surface area contributed by atoms with Crippen LogP contribution in [0.1, 0.15) is 106 Å². The first-order chi connectivity index (χ1) is 19.1. The zero-order chi connectivity index (χ0) is 29.6. The quantitative estimate of drug-likeness (QED) is 0.376. The lowest BCUT2D eigenvalue weighted by atomic mass is 9.33. The van der Waals surface area contributed by atoms with Gasteiger partial charge in [0, 0.05) is 11.3 Å². The monoisotopic (exact) mass is 561 g/mol. The van der Waals surface area contributed by atoms with Gasteiger partial charge in [0.2, 0.25) is 0 Å². The molecular formula is C36H51NO4. The van der Waals surface area contributed by atoms with Crippen molar-refractivity contribution < 1.29 is 19.5 Å². The van der Waals surface area contributed by atoms with Crippen LogP contribution in [0.2, 0.25) is 0 Å². The average molecular weight is 562 g/mol. The molecule has 1 unspecified atom stereocenters. The Morgan fingerprint density at radius 3 is 2.29 bits per heavy atom. The molecule has 1 aromatic rings. The summed E-state index contributed by atoms with van der Waals surface area (Å²) in [5, 5.41) is 11.0. The van der Waals surface area contributed by atoms with Crippen LogP contribution in [0.3, 0.4) is 0 Å². The summed E-state index contributed by atoms with van der Waals surface area (Å²) in [6.45, 7) is 16.2. The molecule has 0 spiro atoms. The van der Waals surface area contributed by atoms with Gasteiger partial charge in [0.05, 0.1) is 6.10 Å². The molecule has 6 rings (SSSR count). The number of nitrogens with one attached hydrogen (secondary N) is 1. The van der Waals surface area contributed by atoms with E-state index in [9.17, 15) is 14.7 Å². The van der Waals surface area contributed by atoms with E-state index in [2.05, 4.69) is 60.0 Å². The lowest BCUT2D eigenvalue weighted by Crippen LogP contribution is -2.66. The third kappa shape index (κ3) is 3.96. The van der Waals surface area contributed by atoms with Gasteiger partial charge in [-0.05, 0) is 115 Å². The lowest BCUT2D eigenvalue weighted by molar-refractivity contribution is -0.202. The number of benzene rings is 1. The predicted octanol–water partition coefficient (Wildman–Crippen LogP) is 7.44. The van der Waals surface area contributed by atoms with E-state index in [1.54, 1.807) is 0 Å². The minimum absolute atomic E-state index is 0.0313. The van der Waals surface area contributed by atoms with E-state index in [4.69, 9.17) is 4.84 Å². The first kappa shape index (κ1) is 29.0. The standard InChI is InChI=1S/C36H51NO4/c1-31(2)27-13-16-36(7)29(34(27,5)15-14-28(31)39)26(38)21-24-25-22-33(4,18-17-32(25,3)19-20-35(24,36)6)30(40)37-41-23-11-9-8-10-12-23/h8-12,21,25,27-29,39H,13-20,22H2,1-7H3,(H,37,40)/t25-,27?,28-,29+,32+,33-,34-,35+,36+/m0/s1. The summed E-state index contributed by atoms with van der Waals surface area (Å²) in [6, 6.07) is 9.39. The Morgan fingerprint density at radius 2 is 1.59 bits per heavy atom. The SMILES string of the molecule is CC1(C)C2CC[C@]3(C)[C@H](C(=O)C=C4[C@@H]5C[C@@](C)(C(=O)NOc6ccccc6)CC[C@]5(C)CC[C@]43C)[C@@]2(C)CC[C@@H]1O. The highest BCUT2D eigenvalue weighted by molar-refractivity contribution is 5.95. The largest absolute Gasteiger partial charge is 0.393 e. The molecule has 1 aromatic carbocycles. The van der Waals surface area contributed by atoms with Crippen molar-refractivity contribution >= 4 is 11.7 Å². The first-order valence-electron chi connectivity index (χ1n) is 16.1. The molecule has 4 fully saturated rings. The number of allylic oxidation sites excluding steroid dienone is 2. The van der Waals surface area contributed by atoms with E-state index in [0.717, 1.165) is 57.8 Å². The van der Waals surface area contributed by atoms with E-state index in [-0.39, 0.29) is 50.9 Å². The Balaban J connectivity index is 1.34. The number of hydrogen-bond donors (Lipinski definition) is 2. The first-order valence-corrected chi connectivity index (χ1v) is 16.1. The number of para-hydroxylation sites is 1. The van der Waals surface area contributed by atoms with Gasteiger partial charge >= 0.3 is 0 Å². The van der Waals surface area contributed by atoms with Gasteiger partial charge in [-0.1, -0.05) is 72.2 Å². The van der Waals surface area contributed by atoms with E-state index >= 15 is 0 Å². The van der Waals surface area contributed by atoms with Gasteiger partial charge < -0.3 is 9.94 Å². The molecule has 0 aromatic heterocycles. The normalized spacial score (nSPS) is 46.6. The lowest BCUT2D eigenvalue weighted by Gasteiger charge is -2.70. The van der Waals surface area contributed by atoms with Crippen molar-refractivity contribution in [3.05, 3.63) is 42.0 Å². The number of aliphatic hydroxyl groups excluding tert-OH is 1. The Hall–Kier alpha value is -2.14. The van der Waals surface area contributed by atoms with Gasteiger partial charge in [-0.15, -0.1) is 0 Å². The molecule has 5 aliphatic rings. The van der Waals surface area contributed by atoms with Crippen molar-refractivity contribution in [2.45, 2.75) is 112 Å². The van der Waals surface area contributed by atoms with Crippen LogP contribution in [0, 0.1) is 50.2 Å². The smallest absolute Gasteiger partial charge is 0.258 e. The third-order valence-electron chi connectivity index (χ3n) is 14.1. The van der Waals surface area contributed by atoms with Gasteiger partial charge in [-0.3, -0.25) is 9.59 Å². The highest BCUT2D eigenvalue weighted by atomic mass is 16.7. The number of carbonyl (C=O) groups is 2. The molecule has 5 nitrogen and oxygen atoms in total. The Morgan fingerprint density at radius 1 is 0.902 bits per heavy atom. The average Bonchev–Trinajstić information content (AvgIpc) is 2.92. The van der Waals surface area contributed by atoms with Crippen LogP contribution in [0.15, 0.2) is 42.0 Å². The molecular weight excluding hydrogens is 510 g/mol. The fraction of sp³-hybridized carbons (Fsp3) is 0.722. The molecule has 0 radical (unpaired) electrons. The van der Waals surface area contributed by atoms with Crippen LogP contribution >= 0.6 is 0 Å². The van der Waals surface area contributed by atoms with Crippen molar-refractivity contribution in [3.8, 4) is 5.75 Å². The zero-order valence-corrected chi connectivity index (χ0v) is 26.3. The molecule has 0 saturated heterocycles. The number of hydrogen-bond acceptors (Lipinski definition) is 4. The fourth-order valence-electron chi connectivity index (χ4n) is 11.1. The molecule has 224 valence electrons. The summed E-state index contributed by atoms with van der Waals surface area (Å²) in [4.78, 5) is 33.8. The third-order valence-corrected chi connectivity index (χ3v) is 14.1. The van der Waals surface area contributed by atoms with E-state index in [0.29, 0.717) is 17.5 Å². The van der Waals surface area contributed by atoms with Gasteiger partial charge in [0.1, 0.15) is 0 Å². The summed E-state index contributed by atoms with van der Waals surface area (Å²) in [6.07, 6.45) is 10.3. The summed E-state index contributed by atoms with van der Waals surface area (Å²) in [5.41, 5.74) is 3.08. The number of fused-ring (bicyclic) bond motifs is 7. The molecule has 2 N–H and O–H groups in total. The zero-order valence-electron chi connectivity index (χ0n) is 26.3. The van der Waals surface area contributed by atoms with Crippen molar-refractivity contribution in [1.82, 2.24) is 5.48 Å². The second-order valence-corrected chi connectivity index (χ2v) is 16.5. The van der Waals surface area contributed by atoms with E-state index in [1.165, 1.54) is 5.57 Å². The summed E-state index contributed by atoms with van der Waals surface area (Å²) in [5.74, 6) is 1.35. The molecule has 5 heteroatoms. The topological polar surface area (TPSA) is 75.6 Å². The Kier molecular flexibility index (Phi) is 6.48. The van der Waals surface area contributed by atoms with Gasteiger partial charge in [0.25, 0.3) is 5.91 Å². The van der Waals surface area contributed by atoms with Crippen LogP contribution in [0.5, 0.6) is 5.75 Å². The van der Waals surface area contributed by atoms with Crippen LogP contribution in [-0.2, 0) is 9.59 Å². The molecule has 0 aliphatic heterocycles. The van der Waals surface area contributed by atoms with Crippen LogP contribution in [-0.4, -0.2) is 22.9 Å². The number of amides is 1. The number of carbonyl (C=O) groups excluding carboxylic acids is 2. The molecule has 0 heterocycles. The maximum atomic E-state index is 14.5. The fourth-order valence-corrected chi connectivity index (χ4v) is 11.1. The van der Waals surface area contributed by atoms with E-state index < -0.39 is 5.41 Å². The number of rotatable bonds is 3. The highest BCUT2D eigenvalue weighted by Crippen LogP contribution is 2.75. The van der Waals surface area contributed by atoms with Gasteiger partial charge in [-0.2, -0.15) is 5.48 Å². The second kappa shape index (κ2) is 9.18. The highest BCUT2D eigenvalue weighted by Gasteiger charge is 2.70. The molecule has 0 bridgehead atoms. The number of ketones is 1. The number of hydroxylamine groups is 1. The molecule has 9 atom stereocenters. The van der Waals surface area contributed by atoms with Gasteiger partial charge in [0.15, 0.2) is 11.5 Å². The molecule has 1 amide bonds. The van der Waals surface area contributed by atoms with Crippen molar-refractivity contribution in [2.75, 3.05) is 0 Å². The van der Waals surface area contributed by atoms with E-state index in [1.807, 2.05) is 30.3 Å². The van der Waals surface area contributed by atoms with Gasteiger partial charge in [-0.25, -0.2) is 0 Å². The summed E-state index contributed by atoms with van der Waals surface area (Å²) >= 11 is 0. The summed E-state index contributed by atoms with van der Waals surface area (Å²) in [7, 11) is 0. The van der Waals surface area contributed by atoms with Crippen molar-refractivity contribution in [2.24, 2.45) is 50.2 Å². The maximum absolute atomic E-state index is 14.5. The molecule has 41 heavy (non-hydrogen) atoms. The Labute approximate surface area is 246 Å². The second-order valence-electron chi connectivity index (χ2n) is 16.5. The van der Waals surface area contributed by atoms with Crippen molar-refractivity contribution in [3.63, 3.8) is 0 Å². The predicted molar refractivity (Wildman–Crippen MR) is 161 cm³/mol. The minimum Gasteiger partial charge on any atom is -0.393 e. The van der Waals surface area contributed by atoms with Crippen LogP contribution < -0.4 is 10.3 Å². The maximum Gasteiger partial charge on any atom is 0.258 e. The minimum atomic E-state index is -0.563. The Bertz CT molecular complexity index is 1270.